The van der Waals surface area contributed by atoms with Crippen LogP contribution in [0, 0.1) is 5.53 Å². The van der Waals surface area contributed by atoms with E-state index in [1.54, 1.807) is 27.0 Å². The maximum absolute atomic E-state index is 13.6. The van der Waals surface area contributed by atoms with Gasteiger partial charge in [0.1, 0.15) is 17.7 Å². The summed E-state index contributed by atoms with van der Waals surface area (Å²) in [6, 6.07) is 5.50. The maximum atomic E-state index is 13.6. The van der Waals surface area contributed by atoms with Crippen LogP contribution in [0.5, 0.6) is 0 Å². The number of ketones is 1. The highest BCUT2D eigenvalue weighted by Crippen LogP contribution is 2.19. The van der Waals surface area contributed by atoms with E-state index in [2.05, 4.69) is 20.4 Å². The molecule has 1 aromatic heterocycles. The lowest BCUT2D eigenvalue weighted by Gasteiger charge is -2.28. The van der Waals surface area contributed by atoms with Crippen molar-refractivity contribution in [3.63, 3.8) is 0 Å². The third-order valence-corrected chi connectivity index (χ3v) is 6.12. The smallest absolute Gasteiger partial charge is 0.372 e. The van der Waals surface area contributed by atoms with E-state index in [9.17, 15) is 19.2 Å². The molecular weight excluding hydrogens is 504 g/mol. The average Bonchev–Trinajstić information content (AvgIpc) is 3.28. The largest absolute Gasteiger partial charge is 0.458 e. The number of hydrogen-bond acceptors (Lipinski definition) is 8. The molecule has 0 saturated carbocycles. The highest BCUT2D eigenvalue weighted by molar-refractivity contribution is 6.25. The number of para-hydroxylation sites is 1. The topological polar surface area (TPSA) is 168 Å². The van der Waals surface area contributed by atoms with Crippen LogP contribution in [0.15, 0.2) is 30.5 Å². The Balaban J connectivity index is 1.80. The van der Waals surface area contributed by atoms with Crippen molar-refractivity contribution in [2.24, 2.45) is 0 Å². The second-order valence-electron chi connectivity index (χ2n) is 10.4. The fraction of sp³-hybridized carbons (Fsp3) is 0.519. The second kappa shape index (κ2) is 13.8. The molecule has 4 N–H and O–H groups in total. The van der Waals surface area contributed by atoms with Crippen LogP contribution in [0.4, 0.5) is 0 Å². The predicted octanol–water partition coefficient (Wildman–Crippen LogP) is 1.01. The Morgan fingerprint density at radius 2 is 1.87 bits per heavy atom. The van der Waals surface area contributed by atoms with E-state index in [1.807, 2.05) is 29.2 Å². The fourth-order valence-electron chi connectivity index (χ4n) is 4.25. The fourth-order valence-corrected chi connectivity index (χ4v) is 4.25. The van der Waals surface area contributed by atoms with E-state index in [1.165, 1.54) is 0 Å². The lowest BCUT2D eigenvalue weighted by atomic mass is 10.0. The minimum absolute atomic E-state index is 0.0486. The number of amides is 2. The number of benzene rings is 1. The molecule has 0 spiro atoms. The summed E-state index contributed by atoms with van der Waals surface area (Å²) < 4.78 is 10.8. The van der Waals surface area contributed by atoms with Gasteiger partial charge in [-0.25, -0.2) is 4.79 Å². The first-order valence-electron chi connectivity index (χ1n) is 13.0. The Hall–Kier alpha value is -3.86. The Morgan fingerprint density at radius 1 is 1.15 bits per heavy atom. The second-order valence-corrected chi connectivity index (χ2v) is 10.4. The van der Waals surface area contributed by atoms with E-state index in [-0.39, 0.29) is 31.7 Å². The Labute approximate surface area is 227 Å². The maximum Gasteiger partial charge on any atom is 0.372 e. The minimum Gasteiger partial charge on any atom is -0.458 e. The summed E-state index contributed by atoms with van der Waals surface area (Å²) in [7, 11) is 0. The summed E-state index contributed by atoms with van der Waals surface area (Å²) in [6.07, 6.45) is 2.65. The molecule has 0 bridgehead atoms. The molecule has 2 aromatic rings. The van der Waals surface area contributed by atoms with Gasteiger partial charge in [-0.05, 0) is 38.8 Å². The highest BCUT2D eigenvalue weighted by atomic mass is 16.6. The monoisotopic (exact) mass is 541 g/mol. The van der Waals surface area contributed by atoms with Gasteiger partial charge >= 0.3 is 12.2 Å². The summed E-state index contributed by atoms with van der Waals surface area (Å²) in [5.41, 5.74) is 7.74. The lowest BCUT2D eigenvalue weighted by molar-refractivity contribution is -0.159. The first kappa shape index (κ1) is 29.7. The number of H-pyrrole nitrogens is 1. The molecule has 210 valence electrons. The number of ether oxygens (including phenoxy) is 2. The van der Waals surface area contributed by atoms with Crippen molar-refractivity contribution in [1.29, 1.82) is 5.53 Å². The molecule has 0 unspecified atom stereocenters. The van der Waals surface area contributed by atoms with Crippen molar-refractivity contribution < 1.29 is 33.4 Å². The normalized spacial score (nSPS) is 15.6. The third kappa shape index (κ3) is 9.43. The zero-order valence-corrected chi connectivity index (χ0v) is 22.6. The third-order valence-electron chi connectivity index (χ3n) is 6.12. The number of carbonyl (C=O) groups excluding carboxylic acids is 4. The van der Waals surface area contributed by atoms with Crippen molar-refractivity contribution in [1.82, 2.24) is 20.5 Å². The molecule has 0 aliphatic carbocycles. The quantitative estimate of drug-likeness (QED) is 0.135. The van der Waals surface area contributed by atoms with E-state index < -0.39 is 35.3 Å². The molecule has 39 heavy (non-hydrogen) atoms. The van der Waals surface area contributed by atoms with Crippen LogP contribution < -0.4 is 10.6 Å². The molecule has 1 saturated heterocycles. The molecular formula is C27H37N6O6+. The molecule has 2 atom stereocenters. The van der Waals surface area contributed by atoms with Crippen LogP contribution in [-0.4, -0.2) is 95.0 Å². The first-order valence-corrected chi connectivity index (χ1v) is 13.0. The number of morpholine rings is 1. The molecule has 12 nitrogen and oxygen atoms in total. The molecule has 1 aromatic carbocycles. The standard InChI is InChI=1S/C27H36N6O6/c1-27(2,3)39-26(37)22(9-8-19(34)16-30-28)32-25(36)23(31-24(35)17-33-10-12-38-13-11-33)14-18-15-29-21-7-5-4-6-20(18)21/h4-7,15-16,22-23,28-29H,8-14,17H2,1-3H3,(H-,31,32,35,36)/p+1/t22-,23-/m0/s1. The molecule has 1 aliphatic rings. The summed E-state index contributed by atoms with van der Waals surface area (Å²) in [5, 5.41) is 6.44. The van der Waals surface area contributed by atoms with Crippen LogP contribution in [0.1, 0.15) is 39.2 Å². The number of fused-ring (bicyclic) bond motifs is 1. The van der Waals surface area contributed by atoms with Crippen molar-refractivity contribution in [2.45, 2.75) is 57.7 Å². The van der Waals surface area contributed by atoms with Crippen LogP contribution in [0.25, 0.3) is 10.9 Å². The van der Waals surface area contributed by atoms with Gasteiger partial charge < -0.3 is 25.1 Å². The van der Waals surface area contributed by atoms with E-state index in [0.29, 0.717) is 26.3 Å². The number of carbonyl (C=O) groups is 4. The molecule has 1 fully saturated rings. The van der Waals surface area contributed by atoms with Gasteiger partial charge in [0, 0.05) is 43.0 Å². The van der Waals surface area contributed by atoms with E-state index >= 15 is 0 Å². The Morgan fingerprint density at radius 3 is 2.56 bits per heavy atom. The minimum atomic E-state index is -1.14. The number of esters is 1. The van der Waals surface area contributed by atoms with E-state index in [0.717, 1.165) is 22.7 Å². The van der Waals surface area contributed by atoms with Gasteiger partial charge in [-0.1, -0.05) is 18.2 Å². The number of aromatic nitrogens is 1. The molecule has 12 heteroatoms. The molecule has 2 heterocycles. The predicted molar refractivity (Wildman–Crippen MR) is 142 cm³/mol. The van der Waals surface area contributed by atoms with Gasteiger partial charge in [0.15, 0.2) is 0 Å². The van der Waals surface area contributed by atoms with E-state index in [4.69, 9.17) is 15.0 Å². The van der Waals surface area contributed by atoms with Crippen molar-refractivity contribution >= 4 is 40.7 Å². The van der Waals surface area contributed by atoms with Crippen molar-refractivity contribution in [3.8, 4) is 0 Å². The lowest BCUT2D eigenvalue weighted by Crippen LogP contribution is -2.55. The number of nitrogens with one attached hydrogen (secondary N) is 4. The summed E-state index contributed by atoms with van der Waals surface area (Å²) in [5.74, 6) is -2.06. The van der Waals surface area contributed by atoms with Crippen LogP contribution in [0.3, 0.4) is 0 Å². The van der Waals surface area contributed by atoms with Crippen molar-refractivity contribution in [2.75, 3.05) is 32.8 Å². The first-order chi connectivity index (χ1) is 18.6. The van der Waals surface area contributed by atoms with Gasteiger partial charge in [0.25, 0.3) is 0 Å². The van der Waals surface area contributed by atoms with Gasteiger partial charge in [-0.15, -0.1) is 0 Å². The molecule has 2 amide bonds. The molecule has 1 aliphatic heterocycles. The van der Waals surface area contributed by atoms with Crippen LogP contribution in [0.2, 0.25) is 0 Å². The van der Waals surface area contributed by atoms with Gasteiger partial charge in [-0.3, -0.25) is 19.3 Å². The van der Waals surface area contributed by atoms with Gasteiger partial charge in [-0.2, -0.15) is 0 Å². The SMILES string of the molecule is CC(C)(C)OC(=O)[C@H](CCC(=O)C=[N+]=N)NC(=O)[C@H](Cc1c[nH]c2ccccc12)NC(=O)CN1CCOCC1. The van der Waals surface area contributed by atoms with Crippen molar-refractivity contribution in [3.05, 3.63) is 36.0 Å². The molecule has 3 rings (SSSR count). The summed E-state index contributed by atoms with van der Waals surface area (Å²) in [6.45, 7) is 7.51. The molecule has 0 radical (unpaired) electrons. The number of rotatable bonds is 12. The van der Waals surface area contributed by atoms with Crippen LogP contribution >= 0.6 is 0 Å². The number of Topliss-reactive ketones (excluding diaryl/α,β-unsaturated/α-hetero) is 1. The zero-order chi connectivity index (χ0) is 28.4. The van der Waals surface area contributed by atoms with Gasteiger partial charge in [0.2, 0.25) is 17.6 Å². The van der Waals surface area contributed by atoms with Crippen LogP contribution in [-0.2, 0) is 35.1 Å². The summed E-state index contributed by atoms with van der Waals surface area (Å²) >= 11 is 0. The average molecular weight is 542 g/mol. The number of aromatic amines is 1. The number of nitrogens with zero attached hydrogens (tertiary/aromatic N) is 2. The van der Waals surface area contributed by atoms with Gasteiger partial charge in [0.05, 0.1) is 30.1 Å². The highest BCUT2D eigenvalue weighted by Gasteiger charge is 2.31. The Kier molecular flexibility index (Phi) is 10.5. The Bertz CT molecular complexity index is 1220. The number of hydrogen-bond donors (Lipinski definition) is 4. The summed E-state index contributed by atoms with van der Waals surface area (Å²) in [4.78, 5) is 59.5. The zero-order valence-electron chi connectivity index (χ0n) is 22.6.